The predicted octanol–water partition coefficient (Wildman–Crippen LogP) is 1.85. The third-order valence-corrected chi connectivity index (χ3v) is 6.15. The van der Waals surface area contributed by atoms with Crippen molar-refractivity contribution in [3.05, 3.63) is 65.4 Å². The van der Waals surface area contributed by atoms with E-state index in [2.05, 4.69) is 4.98 Å². The van der Waals surface area contributed by atoms with Crippen LogP contribution in [-0.2, 0) is 16.0 Å². The van der Waals surface area contributed by atoms with Crippen LogP contribution >= 0.6 is 0 Å². The van der Waals surface area contributed by atoms with Crippen LogP contribution in [-0.4, -0.2) is 64.6 Å². The summed E-state index contributed by atoms with van der Waals surface area (Å²) in [5.41, 5.74) is 3.80. The van der Waals surface area contributed by atoms with Crippen LogP contribution in [0, 0.1) is 0 Å². The molecule has 0 saturated carbocycles. The number of carbonyl (C=O) groups excluding carboxylic acids is 2. The minimum absolute atomic E-state index is 0.0307. The molecule has 2 atom stereocenters. The van der Waals surface area contributed by atoms with Crippen LogP contribution < -0.4 is 4.74 Å². The SMILES string of the molecule is COc1ccccc1C1c2[nH]c3ccccc3c2C[C@H]2C(=O)N(CCO)CC(=O)N12. The fourth-order valence-electron chi connectivity index (χ4n) is 4.85. The van der Waals surface area contributed by atoms with Gasteiger partial charge in [0.1, 0.15) is 17.8 Å². The Kier molecular flexibility index (Phi) is 4.47. The van der Waals surface area contributed by atoms with E-state index in [0.717, 1.165) is 27.7 Å². The summed E-state index contributed by atoms with van der Waals surface area (Å²) in [6, 6.07) is 14.6. The Bertz CT molecular complexity index is 1140. The van der Waals surface area contributed by atoms with E-state index in [1.54, 1.807) is 12.0 Å². The van der Waals surface area contributed by atoms with Gasteiger partial charge >= 0.3 is 0 Å². The Morgan fingerprint density at radius 1 is 1.13 bits per heavy atom. The first-order valence-electron chi connectivity index (χ1n) is 10.1. The topological polar surface area (TPSA) is 85.9 Å². The van der Waals surface area contributed by atoms with Gasteiger partial charge in [-0.2, -0.15) is 0 Å². The van der Waals surface area contributed by atoms with Crippen LogP contribution in [0.1, 0.15) is 22.9 Å². The number of methoxy groups -OCH3 is 1. The first-order valence-corrected chi connectivity index (χ1v) is 10.1. The lowest BCUT2D eigenvalue weighted by Gasteiger charge is -2.47. The lowest BCUT2D eigenvalue weighted by Crippen LogP contribution is -2.63. The third kappa shape index (κ3) is 2.69. The van der Waals surface area contributed by atoms with Crippen molar-refractivity contribution >= 4 is 22.7 Å². The van der Waals surface area contributed by atoms with Gasteiger partial charge in [0, 0.05) is 35.1 Å². The van der Waals surface area contributed by atoms with Crippen molar-refractivity contribution in [2.45, 2.75) is 18.5 Å². The summed E-state index contributed by atoms with van der Waals surface area (Å²) in [5.74, 6) is 0.415. The molecule has 2 aromatic carbocycles. The highest BCUT2D eigenvalue weighted by Crippen LogP contribution is 2.44. The molecular weight excluding hydrogens is 382 g/mol. The maximum atomic E-state index is 13.3. The minimum atomic E-state index is -0.612. The van der Waals surface area contributed by atoms with Crippen molar-refractivity contribution in [2.75, 3.05) is 26.8 Å². The van der Waals surface area contributed by atoms with E-state index >= 15 is 0 Å². The number of aromatic nitrogens is 1. The van der Waals surface area contributed by atoms with E-state index in [-0.39, 0.29) is 31.5 Å². The molecule has 2 aliphatic rings. The van der Waals surface area contributed by atoms with Gasteiger partial charge in [-0.05, 0) is 17.7 Å². The van der Waals surface area contributed by atoms with Crippen LogP contribution in [0.3, 0.4) is 0 Å². The lowest BCUT2D eigenvalue weighted by molar-refractivity contribution is -0.159. The normalized spacial score (nSPS) is 21.0. The molecule has 1 saturated heterocycles. The second-order valence-corrected chi connectivity index (χ2v) is 7.71. The number of aliphatic hydroxyl groups is 1. The van der Waals surface area contributed by atoms with E-state index in [0.29, 0.717) is 12.2 Å². The van der Waals surface area contributed by atoms with Crippen molar-refractivity contribution in [2.24, 2.45) is 0 Å². The van der Waals surface area contributed by atoms with Crippen molar-refractivity contribution in [1.82, 2.24) is 14.8 Å². The number of amides is 2. The molecule has 7 heteroatoms. The summed E-state index contributed by atoms with van der Waals surface area (Å²) in [4.78, 5) is 33.2. The Balaban J connectivity index is 1.73. The molecule has 7 nitrogen and oxygen atoms in total. The van der Waals surface area contributed by atoms with E-state index in [4.69, 9.17) is 4.74 Å². The number of carbonyl (C=O) groups is 2. The molecule has 0 radical (unpaired) electrons. The molecule has 0 bridgehead atoms. The number of aliphatic hydroxyl groups excluding tert-OH is 1. The van der Waals surface area contributed by atoms with Crippen molar-refractivity contribution < 1.29 is 19.4 Å². The van der Waals surface area contributed by atoms with Gasteiger partial charge in [-0.15, -0.1) is 0 Å². The van der Waals surface area contributed by atoms with E-state index < -0.39 is 12.1 Å². The van der Waals surface area contributed by atoms with Gasteiger partial charge in [0.25, 0.3) is 0 Å². The smallest absolute Gasteiger partial charge is 0.246 e. The highest BCUT2D eigenvalue weighted by atomic mass is 16.5. The minimum Gasteiger partial charge on any atom is -0.496 e. The Labute approximate surface area is 173 Å². The number of piperazine rings is 1. The van der Waals surface area contributed by atoms with Gasteiger partial charge in [-0.1, -0.05) is 36.4 Å². The van der Waals surface area contributed by atoms with E-state index in [1.165, 1.54) is 4.90 Å². The molecule has 154 valence electrons. The predicted molar refractivity (Wildman–Crippen MR) is 111 cm³/mol. The van der Waals surface area contributed by atoms with Gasteiger partial charge < -0.3 is 24.6 Å². The molecule has 2 amide bonds. The summed E-state index contributed by atoms with van der Waals surface area (Å²) in [5, 5.41) is 10.4. The number of hydrogen-bond donors (Lipinski definition) is 2. The van der Waals surface area contributed by atoms with Crippen LogP contribution in [0.25, 0.3) is 10.9 Å². The van der Waals surface area contributed by atoms with Crippen molar-refractivity contribution in [3.8, 4) is 5.75 Å². The van der Waals surface area contributed by atoms with Crippen molar-refractivity contribution in [1.29, 1.82) is 0 Å². The molecule has 2 N–H and O–H groups in total. The summed E-state index contributed by atoms with van der Waals surface area (Å²) in [7, 11) is 1.61. The molecule has 5 rings (SSSR count). The van der Waals surface area contributed by atoms with Gasteiger partial charge in [-0.3, -0.25) is 9.59 Å². The third-order valence-electron chi connectivity index (χ3n) is 6.15. The van der Waals surface area contributed by atoms with Crippen molar-refractivity contribution in [3.63, 3.8) is 0 Å². The molecule has 30 heavy (non-hydrogen) atoms. The van der Waals surface area contributed by atoms with Gasteiger partial charge in [-0.25, -0.2) is 0 Å². The average molecular weight is 405 g/mol. The first kappa shape index (κ1) is 18.7. The van der Waals surface area contributed by atoms with Crippen LogP contribution in [0.15, 0.2) is 48.5 Å². The van der Waals surface area contributed by atoms with E-state index in [9.17, 15) is 14.7 Å². The van der Waals surface area contributed by atoms with Gasteiger partial charge in [0.05, 0.1) is 20.3 Å². The van der Waals surface area contributed by atoms with Crippen LogP contribution in [0.2, 0.25) is 0 Å². The maximum absolute atomic E-state index is 13.3. The Hall–Kier alpha value is -3.32. The largest absolute Gasteiger partial charge is 0.496 e. The second kappa shape index (κ2) is 7.18. The summed E-state index contributed by atoms with van der Waals surface area (Å²) >= 11 is 0. The quantitative estimate of drug-likeness (QED) is 0.694. The summed E-state index contributed by atoms with van der Waals surface area (Å²) in [6.45, 7) is -0.0356. The van der Waals surface area contributed by atoms with Gasteiger partial charge in [0.15, 0.2) is 0 Å². The lowest BCUT2D eigenvalue weighted by atomic mass is 9.86. The number of benzene rings is 2. The molecule has 3 heterocycles. The molecule has 0 aliphatic carbocycles. The second-order valence-electron chi connectivity index (χ2n) is 7.71. The van der Waals surface area contributed by atoms with Crippen LogP contribution in [0.5, 0.6) is 5.75 Å². The first-order chi connectivity index (χ1) is 14.6. The number of nitrogens with one attached hydrogen (secondary N) is 1. The maximum Gasteiger partial charge on any atom is 0.246 e. The fraction of sp³-hybridized carbons (Fsp3) is 0.304. The number of nitrogens with zero attached hydrogens (tertiary/aromatic N) is 2. The fourth-order valence-corrected chi connectivity index (χ4v) is 4.85. The monoisotopic (exact) mass is 405 g/mol. The molecular formula is C23H23N3O4. The Morgan fingerprint density at radius 2 is 1.90 bits per heavy atom. The number of rotatable bonds is 4. The average Bonchev–Trinajstić information content (AvgIpc) is 3.14. The molecule has 1 aromatic heterocycles. The zero-order valence-electron chi connectivity index (χ0n) is 16.7. The number of hydrogen-bond acceptors (Lipinski definition) is 4. The molecule has 0 spiro atoms. The Morgan fingerprint density at radius 3 is 2.70 bits per heavy atom. The zero-order chi connectivity index (χ0) is 20.8. The molecule has 2 aliphatic heterocycles. The highest BCUT2D eigenvalue weighted by Gasteiger charge is 2.48. The molecule has 1 unspecified atom stereocenters. The van der Waals surface area contributed by atoms with Crippen LogP contribution in [0.4, 0.5) is 0 Å². The summed E-state index contributed by atoms with van der Waals surface area (Å²) < 4.78 is 5.61. The molecule has 3 aromatic rings. The number of para-hydroxylation sites is 2. The van der Waals surface area contributed by atoms with Gasteiger partial charge in [0.2, 0.25) is 11.8 Å². The summed E-state index contributed by atoms with van der Waals surface area (Å²) in [6.07, 6.45) is 0.442. The zero-order valence-corrected chi connectivity index (χ0v) is 16.7. The number of ether oxygens (including phenoxy) is 1. The highest BCUT2D eigenvalue weighted by molar-refractivity contribution is 5.97. The standard InChI is InChI=1S/C23H23N3O4/c1-30-19-9-5-3-7-15(19)22-21-16(14-6-2-4-8-17(14)24-21)12-18-23(29)25(10-11-27)13-20(28)26(18)22/h2-9,18,22,24,27H,10-13H2,1H3/t18-,22?/m0/s1. The molecule has 1 fully saturated rings. The number of fused-ring (bicyclic) bond motifs is 4. The number of β-amino-alcohol motifs (C(OH)–C–C–N with tert-alkyl or cyclic N) is 1. The van der Waals surface area contributed by atoms with E-state index in [1.807, 2.05) is 48.5 Å². The number of aromatic amines is 1. The number of H-pyrrole nitrogens is 1.